The Bertz CT molecular complexity index is 334. The third-order valence-corrected chi connectivity index (χ3v) is 3.08. The van der Waals surface area contributed by atoms with E-state index in [0.717, 1.165) is 19.4 Å². The predicted octanol–water partition coefficient (Wildman–Crippen LogP) is 1.80. The van der Waals surface area contributed by atoms with Crippen LogP contribution in [0.5, 0.6) is 0 Å². The highest BCUT2D eigenvalue weighted by Gasteiger charge is 2.26. The van der Waals surface area contributed by atoms with Gasteiger partial charge in [-0.2, -0.15) is 0 Å². The van der Waals surface area contributed by atoms with Gasteiger partial charge < -0.3 is 5.32 Å². The summed E-state index contributed by atoms with van der Waals surface area (Å²) in [4.78, 5) is 11.2. The molecule has 80 valence electrons. The fourth-order valence-electron chi connectivity index (χ4n) is 2.22. The molecule has 1 unspecified atom stereocenters. The molecule has 1 fully saturated rings. The Labute approximate surface area is 90.7 Å². The van der Waals surface area contributed by atoms with E-state index >= 15 is 0 Å². The second-order valence-corrected chi connectivity index (χ2v) is 4.36. The van der Waals surface area contributed by atoms with Gasteiger partial charge in [0.25, 0.3) is 0 Å². The first-order valence-corrected chi connectivity index (χ1v) is 5.53. The minimum atomic E-state index is 0.0960. The topological polar surface area (TPSA) is 29.1 Å². The number of hydrogen-bond donors (Lipinski definition) is 1. The van der Waals surface area contributed by atoms with Gasteiger partial charge in [0.2, 0.25) is 0 Å². The van der Waals surface area contributed by atoms with Crippen LogP contribution in [-0.2, 0) is 11.2 Å². The molecule has 0 saturated carbocycles. The lowest BCUT2D eigenvalue weighted by Gasteiger charge is -2.08. The van der Waals surface area contributed by atoms with Crippen LogP contribution in [-0.4, -0.2) is 18.4 Å². The molecule has 0 amide bonds. The molecule has 2 nitrogen and oxygen atoms in total. The van der Waals surface area contributed by atoms with Crippen LogP contribution in [0.2, 0.25) is 0 Å². The molecule has 0 aromatic heterocycles. The summed E-state index contributed by atoms with van der Waals surface area (Å²) in [6.45, 7) is 2.64. The second kappa shape index (κ2) is 4.58. The van der Waals surface area contributed by atoms with E-state index < -0.39 is 0 Å². The predicted molar refractivity (Wildman–Crippen MR) is 60.7 cm³/mol. The summed E-state index contributed by atoms with van der Waals surface area (Å²) in [6.07, 6.45) is 2.07. The van der Waals surface area contributed by atoms with Crippen LogP contribution in [0.4, 0.5) is 0 Å². The lowest BCUT2D eigenvalue weighted by molar-refractivity contribution is -0.118. The molecule has 0 aliphatic carbocycles. The van der Waals surface area contributed by atoms with Crippen molar-refractivity contribution < 1.29 is 4.79 Å². The van der Waals surface area contributed by atoms with Crippen molar-refractivity contribution in [1.29, 1.82) is 0 Å². The maximum Gasteiger partial charge on any atom is 0.146 e. The summed E-state index contributed by atoms with van der Waals surface area (Å²) in [5.74, 6) is 0.881. The van der Waals surface area contributed by atoms with Gasteiger partial charge in [-0.1, -0.05) is 30.3 Å². The molecule has 1 N–H and O–H groups in total. The number of hydrogen-bond acceptors (Lipinski definition) is 2. The minimum Gasteiger partial charge on any atom is -0.307 e. The third-order valence-electron chi connectivity index (χ3n) is 3.08. The average molecular weight is 203 g/mol. The van der Waals surface area contributed by atoms with Crippen molar-refractivity contribution in [3.8, 4) is 0 Å². The van der Waals surface area contributed by atoms with Crippen LogP contribution >= 0.6 is 0 Å². The average Bonchev–Trinajstić information content (AvgIpc) is 2.68. The Hall–Kier alpha value is -1.15. The van der Waals surface area contributed by atoms with Crippen LogP contribution < -0.4 is 5.32 Å². The van der Waals surface area contributed by atoms with Crippen molar-refractivity contribution in [2.45, 2.75) is 25.8 Å². The lowest BCUT2D eigenvalue weighted by Crippen LogP contribution is -2.28. The standard InChI is InChI=1S/C13H17NO/c1-10(15)13-8-12(9-14-13)7-11-5-3-2-4-6-11/h2-6,12-14H,7-9H2,1H3/t12?,13-/m0/s1. The van der Waals surface area contributed by atoms with Gasteiger partial charge in [0.15, 0.2) is 0 Å². The zero-order valence-electron chi connectivity index (χ0n) is 9.07. The summed E-state index contributed by atoms with van der Waals surface area (Å²) in [5, 5.41) is 3.28. The maximum atomic E-state index is 11.2. The highest BCUT2D eigenvalue weighted by Crippen LogP contribution is 2.19. The van der Waals surface area contributed by atoms with Crippen molar-refractivity contribution in [3.05, 3.63) is 35.9 Å². The number of carbonyl (C=O) groups excluding carboxylic acids is 1. The largest absolute Gasteiger partial charge is 0.307 e. The SMILES string of the molecule is CC(=O)[C@@H]1CC(Cc2ccccc2)CN1. The summed E-state index contributed by atoms with van der Waals surface area (Å²) in [7, 11) is 0. The molecule has 0 radical (unpaired) electrons. The van der Waals surface area contributed by atoms with E-state index in [9.17, 15) is 4.79 Å². The van der Waals surface area contributed by atoms with Gasteiger partial charge in [-0.05, 0) is 37.8 Å². The molecular weight excluding hydrogens is 186 g/mol. The Morgan fingerprint density at radius 1 is 1.40 bits per heavy atom. The maximum absolute atomic E-state index is 11.2. The Kier molecular flexibility index (Phi) is 3.17. The van der Waals surface area contributed by atoms with Gasteiger partial charge >= 0.3 is 0 Å². The van der Waals surface area contributed by atoms with Crippen LogP contribution in [0, 0.1) is 5.92 Å². The molecule has 15 heavy (non-hydrogen) atoms. The van der Waals surface area contributed by atoms with E-state index in [4.69, 9.17) is 0 Å². The van der Waals surface area contributed by atoms with Crippen LogP contribution in [0.25, 0.3) is 0 Å². The fraction of sp³-hybridized carbons (Fsp3) is 0.462. The van der Waals surface area contributed by atoms with Crippen molar-refractivity contribution in [3.63, 3.8) is 0 Å². The lowest BCUT2D eigenvalue weighted by atomic mass is 9.96. The van der Waals surface area contributed by atoms with E-state index in [2.05, 4.69) is 29.6 Å². The molecule has 2 atom stereocenters. The van der Waals surface area contributed by atoms with Crippen molar-refractivity contribution in [1.82, 2.24) is 5.32 Å². The van der Waals surface area contributed by atoms with Gasteiger partial charge in [0.05, 0.1) is 6.04 Å². The number of Topliss-reactive ketones (excluding diaryl/α,β-unsaturated/α-hetero) is 1. The molecule has 1 saturated heterocycles. The smallest absolute Gasteiger partial charge is 0.146 e. The fourth-order valence-corrected chi connectivity index (χ4v) is 2.22. The van der Waals surface area contributed by atoms with Crippen LogP contribution in [0.1, 0.15) is 18.9 Å². The van der Waals surface area contributed by atoms with Crippen molar-refractivity contribution >= 4 is 5.78 Å². The molecular formula is C13H17NO. The number of benzene rings is 1. The van der Waals surface area contributed by atoms with Crippen LogP contribution in [0.15, 0.2) is 30.3 Å². The summed E-state index contributed by atoms with van der Waals surface area (Å²) < 4.78 is 0. The second-order valence-electron chi connectivity index (χ2n) is 4.36. The van der Waals surface area contributed by atoms with Gasteiger partial charge in [-0.3, -0.25) is 4.79 Å². The quantitative estimate of drug-likeness (QED) is 0.811. The first-order valence-electron chi connectivity index (χ1n) is 5.53. The third kappa shape index (κ3) is 2.66. The number of carbonyl (C=O) groups is 1. The van der Waals surface area contributed by atoms with Gasteiger partial charge in [0, 0.05) is 0 Å². The molecule has 0 bridgehead atoms. The molecule has 1 heterocycles. The number of ketones is 1. The van der Waals surface area contributed by atoms with E-state index in [0.29, 0.717) is 5.92 Å². The van der Waals surface area contributed by atoms with E-state index in [1.54, 1.807) is 6.92 Å². The van der Waals surface area contributed by atoms with Crippen molar-refractivity contribution in [2.24, 2.45) is 5.92 Å². The van der Waals surface area contributed by atoms with Crippen LogP contribution in [0.3, 0.4) is 0 Å². The molecule has 1 aliphatic heterocycles. The normalized spacial score (nSPS) is 25.4. The summed E-state index contributed by atoms with van der Waals surface area (Å²) >= 11 is 0. The molecule has 2 rings (SSSR count). The zero-order chi connectivity index (χ0) is 10.7. The van der Waals surface area contributed by atoms with Gasteiger partial charge in [0.1, 0.15) is 5.78 Å². The highest BCUT2D eigenvalue weighted by molar-refractivity contribution is 5.81. The van der Waals surface area contributed by atoms with Crippen molar-refractivity contribution in [2.75, 3.05) is 6.54 Å². The highest BCUT2D eigenvalue weighted by atomic mass is 16.1. The van der Waals surface area contributed by atoms with E-state index in [-0.39, 0.29) is 11.8 Å². The first kappa shape index (κ1) is 10.4. The molecule has 1 aliphatic rings. The molecule has 1 aromatic carbocycles. The molecule has 0 spiro atoms. The molecule has 2 heteroatoms. The monoisotopic (exact) mass is 203 g/mol. The zero-order valence-corrected chi connectivity index (χ0v) is 9.07. The summed E-state index contributed by atoms with van der Waals surface area (Å²) in [5.41, 5.74) is 1.37. The Morgan fingerprint density at radius 2 is 2.13 bits per heavy atom. The number of nitrogens with one attached hydrogen (secondary N) is 1. The first-order chi connectivity index (χ1) is 7.25. The Balaban J connectivity index is 1.90. The molecule has 1 aromatic rings. The summed E-state index contributed by atoms with van der Waals surface area (Å²) in [6, 6.07) is 10.6. The van der Waals surface area contributed by atoms with E-state index in [1.165, 1.54) is 5.56 Å². The number of rotatable bonds is 3. The van der Waals surface area contributed by atoms with Gasteiger partial charge in [-0.25, -0.2) is 0 Å². The van der Waals surface area contributed by atoms with E-state index in [1.807, 2.05) is 6.07 Å². The van der Waals surface area contributed by atoms with Gasteiger partial charge in [-0.15, -0.1) is 0 Å². The minimum absolute atomic E-state index is 0.0960. The Morgan fingerprint density at radius 3 is 2.73 bits per heavy atom.